The topological polar surface area (TPSA) is 66.4 Å². The summed E-state index contributed by atoms with van der Waals surface area (Å²) >= 11 is 0. The number of nitrogens with one attached hydrogen (secondary N) is 1. The molecular formula is C17H25NO3. The molecule has 1 rings (SSSR count). The molecule has 1 aromatic carbocycles. The van der Waals surface area contributed by atoms with E-state index >= 15 is 0 Å². The van der Waals surface area contributed by atoms with Gasteiger partial charge in [-0.15, -0.1) is 0 Å². The van der Waals surface area contributed by atoms with E-state index < -0.39 is 11.4 Å². The van der Waals surface area contributed by atoms with Crippen molar-refractivity contribution in [1.29, 1.82) is 0 Å². The van der Waals surface area contributed by atoms with Crippen LogP contribution in [0.2, 0.25) is 0 Å². The highest BCUT2D eigenvalue weighted by Crippen LogP contribution is 2.31. The summed E-state index contributed by atoms with van der Waals surface area (Å²) in [7, 11) is 0. The van der Waals surface area contributed by atoms with Gasteiger partial charge in [-0.1, -0.05) is 39.3 Å². The van der Waals surface area contributed by atoms with Crippen LogP contribution in [-0.2, 0) is 16.0 Å². The van der Waals surface area contributed by atoms with E-state index in [2.05, 4.69) is 12.2 Å². The van der Waals surface area contributed by atoms with E-state index in [1.165, 1.54) is 5.56 Å². The fraction of sp³-hybridized carbons (Fsp3) is 0.529. The molecule has 0 bridgehead atoms. The highest BCUT2D eigenvalue weighted by Gasteiger charge is 2.37. The van der Waals surface area contributed by atoms with Gasteiger partial charge in [0.15, 0.2) is 0 Å². The van der Waals surface area contributed by atoms with Crippen LogP contribution in [0, 0.1) is 5.41 Å². The summed E-state index contributed by atoms with van der Waals surface area (Å²) in [5.74, 6) is -1.15. The van der Waals surface area contributed by atoms with Gasteiger partial charge in [0.05, 0.1) is 5.41 Å². The van der Waals surface area contributed by atoms with Gasteiger partial charge < -0.3 is 10.4 Å². The highest BCUT2D eigenvalue weighted by molar-refractivity contribution is 5.94. The summed E-state index contributed by atoms with van der Waals surface area (Å²) in [6.07, 6.45) is 3.00. The molecule has 0 radical (unpaired) electrons. The van der Waals surface area contributed by atoms with Crippen molar-refractivity contribution in [2.24, 2.45) is 5.41 Å². The summed E-state index contributed by atoms with van der Waals surface area (Å²) in [5.41, 5.74) is 0.982. The summed E-state index contributed by atoms with van der Waals surface area (Å²) in [6.45, 7) is 5.74. The molecule has 1 aromatic rings. The van der Waals surface area contributed by atoms with E-state index in [1.54, 1.807) is 0 Å². The van der Waals surface area contributed by atoms with E-state index in [9.17, 15) is 14.7 Å². The SMILES string of the molecule is CCCc1ccc(NC(=O)CC(CC)(CC)C(=O)O)cc1. The van der Waals surface area contributed by atoms with Crippen molar-refractivity contribution < 1.29 is 14.7 Å². The van der Waals surface area contributed by atoms with Crippen LogP contribution in [0.5, 0.6) is 0 Å². The minimum atomic E-state index is -0.966. The maximum Gasteiger partial charge on any atom is 0.310 e. The Morgan fingerprint density at radius 1 is 1.10 bits per heavy atom. The minimum Gasteiger partial charge on any atom is -0.481 e. The second-order valence-electron chi connectivity index (χ2n) is 5.46. The highest BCUT2D eigenvalue weighted by atomic mass is 16.4. The molecule has 0 fully saturated rings. The second kappa shape index (κ2) is 7.81. The lowest BCUT2D eigenvalue weighted by Gasteiger charge is -2.25. The number of carbonyl (C=O) groups excluding carboxylic acids is 1. The number of hydrogen-bond donors (Lipinski definition) is 2. The Labute approximate surface area is 126 Å². The van der Waals surface area contributed by atoms with E-state index in [0.717, 1.165) is 12.8 Å². The third-order valence-corrected chi connectivity index (χ3v) is 4.08. The molecule has 0 heterocycles. The van der Waals surface area contributed by atoms with E-state index in [4.69, 9.17) is 0 Å². The Kier molecular flexibility index (Phi) is 6.40. The van der Waals surface area contributed by atoms with E-state index in [0.29, 0.717) is 18.5 Å². The average Bonchev–Trinajstić information content (AvgIpc) is 2.47. The Morgan fingerprint density at radius 2 is 1.67 bits per heavy atom. The molecule has 0 atom stereocenters. The number of carboxylic acids is 1. The lowest BCUT2D eigenvalue weighted by Crippen LogP contribution is -2.34. The first-order valence-electron chi connectivity index (χ1n) is 7.59. The molecule has 0 aliphatic carbocycles. The quantitative estimate of drug-likeness (QED) is 0.764. The van der Waals surface area contributed by atoms with Gasteiger partial charge in [0.1, 0.15) is 0 Å². The molecule has 21 heavy (non-hydrogen) atoms. The van der Waals surface area contributed by atoms with Crippen LogP contribution in [0.25, 0.3) is 0 Å². The second-order valence-corrected chi connectivity index (χ2v) is 5.46. The molecule has 116 valence electrons. The molecule has 0 saturated heterocycles. The van der Waals surface area contributed by atoms with Crippen molar-refractivity contribution in [3.63, 3.8) is 0 Å². The fourth-order valence-electron chi connectivity index (χ4n) is 2.43. The number of aryl methyl sites for hydroxylation is 1. The van der Waals surface area contributed by atoms with E-state index in [-0.39, 0.29) is 12.3 Å². The molecule has 0 aliphatic heterocycles. The molecule has 0 unspecified atom stereocenters. The maximum absolute atomic E-state index is 12.1. The Bertz CT molecular complexity index is 475. The van der Waals surface area contributed by atoms with Crippen molar-refractivity contribution in [3.05, 3.63) is 29.8 Å². The molecular weight excluding hydrogens is 266 g/mol. The van der Waals surface area contributed by atoms with Crippen LogP contribution >= 0.6 is 0 Å². The van der Waals surface area contributed by atoms with Crippen molar-refractivity contribution >= 4 is 17.6 Å². The zero-order valence-electron chi connectivity index (χ0n) is 13.1. The van der Waals surface area contributed by atoms with Crippen molar-refractivity contribution in [1.82, 2.24) is 0 Å². The van der Waals surface area contributed by atoms with Crippen LogP contribution in [-0.4, -0.2) is 17.0 Å². The average molecular weight is 291 g/mol. The van der Waals surface area contributed by atoms with Gasteiger partial charge >= 0.3 is 5.97 Å². The van der Waals surface area contributed by atoms with Gasteiger partial charge in [-0.2, -0.15) is 0 Å². The maximum atomic E-state index is 12.1. The Hall–Kier alpha value is -1.84. The van der Waals surface area contributed by atoms with Gasteiger partial charge in [0.25, 0.3) is 0 Å². The lowest BCUT2D eigenvalue weighted by molar-refractivity contribution is -0.151. The number of aliphatic carboxylic acids is 1. The van der Waals surface area contributed by atoms with Crippen LogP contribution < -0.4 is 5.32 Å². The number of rotatable bonds is 8. The first-order chi connectivity index (χ1) is 9.97. The number of carboxylic acid groups (broad SMARTS) is 1. The predicted molar refractivity (Wildman–Crippen MR) is 84.3 cm³/mol. The smallest absolute Gasteiger partial charge is 0.310 e. The Morgan fingerprint density at radius 3 is 2.10 bits per heavy atom. The van der Waals surface area contributed by atoms with Gasteiger partial charge in [-0.25, -0.2) is 0 Å². The van der Waals surface area contributed by atoms with Gasteiger partial charge in [-0.3, -0.25) is 9.59 Å². The molecule has 0 spiro atoms. The van der Waals surface area contributed by atoms with Crippen LogP contribution in [0.4, 0.5) is 5.69 Å². The molecule has 4 heteroatoms. The summed E-state index contributed by atoms with van der Waals surface area (Å²) in [5, 5.41) is 12.1. The normalized spacial score (nSPS) is 11.2. The van der Waals surface area contributed by atoms with Crippen LogP contribution in [0.1, 0.15) is 52.0 Å². The first-order valence-corrected chi connectivity index (χ1v) is 7.59. The zero-order valence-corrected chi connectivity index (χ0v) is 13.1. The van der Waals surface area contributed by atoms with Crippen molar-refractivity contribution in [2.75, 3.05) is 5.32 Å². The minimum absolute atomic E-state index is 0.00600. The summed E-state index contributed by atoms with van der Waals surface area (Å²) in [6, 6.07) is 7.71. The number of carbonyl (C=O) groups is 2. The van der Waals surface area contributed by atoms with Crippen molar-refractivity contribution in [3.8, 4) is 0 Å². The molecule has 0 aromatic heterocycles. The fourth-order valence-corrected chi connectivity index (χ4v) is 2.43. The zero-order chi connectivity index (χ0) is 15.9. The van der Waals surface area contributed by atoms with Gasteiger partial charge in [0, 0.05) is 12.1 Å². The number of hydrogen-bond acceptors (Lipinski definition) is 2. The summed E-state index contributed by atoms with van der Waals surface area (Å²) in [4.78, 5) is 23.5. The van der Waals surface area contributed by atoms with Gasteiger partial charge in [-0.05, 0) is 37.0 Å². The molecule has 1 amide bonds. The van der Waals surface area contributed by atoms with Gasteiger partial charge in [0.2, 0.25) is 5.91 Å². The Balaban J connectivity index is 2.70. The number of amides is 1. The monoisotopic (exact) mass is 291 g/mol. The largest absolute Gasteiger partial charge is 0.481 e. The van der Waals surface area contributed by atoms with Crippen molar-refractivity contribution in [2.45, 2.75) is 52.9 Å². The van der Waals surface area contributed by atoms with Crippen LogP contribution in [0.3, 0.4) is 0 Å². The predicted octanol–water partition coefficient (Wildman–Crippen LogP) is 3.86. The molecule has 0 saturated carbocycles. The standard InChI is InChI=1S/C17H25NO3/c1-4-7-13-8-10-14(11-9-13)18-15(19)12-17(5-2,6-3)16(20)21/h8-11H,4-7,12H2,1-3H3,(H,18,19)(H,20,21). The molecule has 2 N–H and O–H groups in total. The van der Waals surface area contributed by atoms with E-state index in [1.807, 2.05) is 38.1 Å². The third-order valence-electron chi connectivity index (χ3n) is 4.08. The summed E-state index contributed by atoms with van der Waals surface area (Å²) < 4.78 is 0. The molecule has 4 nitrogen and oxygen atoms in total. The lowest BCUT2D eigenvalue weighted by atomic mass is 9.79. The number of benzene rings is 1. The molecule has 0 aliphatic rings. The first kappa shape index (κ1) is 17.2. The third kappa shape index (κ3) is 4.59. The number of anilines is 1. The van der Waals surface area contributed by atoms with Crippen LogP contribution in [0.15, 0.2) is 24.3 Å².